The van der Waals surface area contributed by atoms with Gasteiger partial charge in [-0.15, -0.1) is 0 Å². The Kier molecular flexibility index (Phi) is 4.97. The Morgan fingerprint density at radius 1 is 1.37 bits per heavy atom. The number of aromatic nitrogens is 2. The molecule has 4 atom stereocenters. The maximum atomic E-state index is 5.52. The first-order chi connectivity index (χ1) is 9.19. The van der Waals surface area contributed by atoms with E-state index in [2.05, 4.69) is 36.2 Å². The third-order valence-electron chi connectivity index (χ3n) is 4.76. The van der Waals surface area contributed by atoms with Crippen molar-refractivity contribution in [2.24, 2.45) is 5.92 Å². The number of hydrogen-bond acceptors (Lipinski definition) is 4. The summed E-state index contributed by atoms with van der Waals surface area (Å²) in [5.41, 5.74) is 0. The largest absolute Gasteiger partial charge is 0.339 e. The minimum atomic E-state index is 0.314. The summed E-state index contributed by atoms with van der Waals surface area (Å²) in [6.07, 6.45) is 6.06. The molecule has 0 radical (unpaired) electrons. The van der Waals surface area contributed by atoms with Gasteiger partial charge < -0.3 is 9.84 Å². The number of hydrogen-bond donors (Lipinski definition) is 1. The first kappa shape index (κ1) is 14.5. The van der Waals surface area contributed by atoms with Crippen LogP contribution in [0.5, 0.6) is 0 Å². The van der Waals surface area contributed by atoms with Crippen molar-refractivity contribution in [3.8, 4) is 0 Å². The molecule has 0 amide bonds. The molecule has 0 spiro atoms. The summed E-state index contributed by atoms with van der Waals surface area (Å²) in [6.45, 7) is 6.61. The fraction of sp³-hybridized carbons (Fsp3) is 0.867. The Morgan fingerprint density at radius 3 is 2.74 bits per heavy atom. The Hall–Kier alpha value is -0.900. The highest BCUT2D eigenvalue weighted by Crippen LogP contribution is 2.38. The Labute approximate surface area is 116 Å². The summed E-state index contributed by atoms with van der Waals surface area (Å²) < 4.78 is 5.52. The molecule has 0 aliphatic heterocycles. The second-order valence-electron chi connectivity index (χ2n) is 5.87. The van der Waals surface area contributed by atoms with E-state index in [-0.39, 0.29) is 0 Å². The van der Waals surface area contributed by atoms with Crippen molar-refractivity contribution in [2.75, 3.05) is 7.05 Å². The van der Waals surface area contributed by atoms with Crippen LogP contribution in [-0.4, -0.2) is 23.2 Å². The zero-order chi connectivity index (χ0) is 13.8. The molecule has 4 nitrogen and oxygen atoms in total. The zero-order valence-corrected chi connectivity index (χ0v) is 12.6. The van der Waals surface area contributed by atoms with Gasteiger partial charge in [0.15, 0.2) is 5.82 Å². The highest BCUT2D eigenvalue weighted by molar-refractivity contribution is 5.03. The van der Waals surface area contributed by atoms with Crippen molar-refractivity contribution in [3.05, 3.63) is 11.7 Å². The summed E-state index contributed by atoms with van der Waals surface area (Å²) in [5, 5.41) is 7.52. The van der Waals surface area contributed by atoms with E-state index < -0.39 is 0 Å². The van der Waals surface area contributed by atoms with Crippen LogP contribution in [0.25, 0.3) is 0 Å². The molecule has 4 unspecified atom stereocenters. The molecule has 19 heavy (non-hydrogen) atoms. The monoisotopic (exact) mass is 265 g/mol. The molecule has 1 saturated carbocycles. The molecule has 0 aromatic carbocycles. The van der Waals surface area contributed by atoms with Crippen molar-refractivity contribution >= 4 is 0 Å². The van der Waals surface area contributed by atoms with E-state index in [1.807, 2.05) is 7.05 Å². The molecule has 0 saturated heterocycles. The number of rotatable bonds is 6. The molecule has 1 N–H and O–H groups in total. The molecule has 1 aromatic heterocycles. The van der Waals surface area contributed by atoms with Crippen molar-refractivity contribution in [3.63, 3.8) is 0 Å². The van der Waals surface area contributed by atoms with Gasteiger partial charge in [-0.2, -0.15) is 4.98 Å². The third-order valence-corrected chi connectivity index (χ3v) is 4.76. The van der Waals surface area contributed by atoms with Crippen LogP contribution in [-0.2, 0) is 0 Å². The summed E-state index contributed by atoms with van der Waals surface area (Å²) in [6, 6.07) is 0.366. The van der Waals surface area contributed by atoms with Crippen LogP contribution in [0.1, 0.15) is 76.4 Å². The van der Waals surface area contributed by atoms with Crippen LogP contribution >= 0.6 is 0 Å². The van der Waals surface area contributed by atoms with Gasteiger partial charge in [0.25, 0.3) is 0 Å². The predicted molar refractivity (Wildman–Crippen MR) is 76.2 cm³/mol. The van der Waals surface area contributed by atoms with Gasteiger partial charge in [0.1, 0.15) is 0 Å². The molecular weight excluding hydrogens is 238 g/mol. The fourth-order valence-corrected chi connectivity index (χ4v) is 3.19. The van der Waals surface area contributed by atoms with Crippen LogP contribution in [0.3, 0.4) is 0 Å². The molecule has 2 rings (SSSR count). The maximum Gasteiger partial charge on any atom is 0.231 e. The van der Waals surface area contributed by atoms with Gasteiger partial charge in [0.05, 0.1) is 5.92 Å². The standard InChI is InChI=1S/C15H27N3O/c1-5-11-7-8-12(9-11)14-17-15(19-18-14)13(6-2)10(3)16-4/h10-13,16H,5-9H2,1-4H3. The smallest absolute Gasteiger partial charge is 0.231 e. The van der Waals surface area contributed by atoms with E-state index in [4.69, 9.17) is 4.52 Å². The lowest BCUT2D eigenvalue weighted by atomic mass is 9.98. The predicted octanol–water partition coefficient (Wildman–Crippen LogP) is 3.46. The molecule has 1 aliphatic rings. The minimum Gasteiger partial charge on any atom is -0.339 e. The second kappa shape index (κ2) is 6.51. The molecule has 4 heteroatoms. The van der Waals surface area contributed by atoms with E-state index in [1.165, 1.54) is 25.7 Å². The Balaban J connectivity index is 2.06. The van der Waals surface area contributed by atoms with Crippen LogP contribution in [0.4, 0.5) is 0 Å². The molecule has 1 aromatic rings. The SMILES string of the molecule is CCC1CCC(c2noc(C(CC)C(C)NC)n2)C1. The molecule has 1 aliphatic carbocycles. The molecule has 1 fully saturated rings. The normalized spacial score (nSPS) is 26.5. The van der Waals surface area contributed by atoms with Crippen molar-refractivity contribution in [1.29, 1.82) is 0 Å². The lowest BCUT2D eigenvalue weighted by Crippen LogP contribution is -2.28. The van der Waals surface area contributed by atoms with Gasteiger partial charge in [0.2, 0.25) is 5.89 Å². The van der Waals surface area contributed by atoms with Gasteiger partial charge in [-0.05, 0) is 45.6 Å². The highest BCUT2D eigenvalue weighted by atomic mass is 16.5. The quantitative estimate of drug-likeness (QED) is 0.855. The Morgan fingerprint density at radius 2 is 2.16 bits per heavy atom. The maximum absolute atomic E-state index is 5.52. The van der Waals surface area contributed by atoms with Gasteiger partial charge in [0, 0.05) is 12.0 Å². The van der Waals surface area contributed by atoms with Crippen molar-refractivity contribution < 1.29 is 4.52 Å². The summed E-state index contributed by atoms with van der Waals surface area (Å²) in [4.78, 5) is 4.68. The topological polar surface area (TPSA) is 51.0 Å². The lowest BCUT2D eigenvalue weighted by Gasteiger charge is -2.17. The Bertz CT molecular complexity index is 390. The fourth-order valence-electron chi connectivity index (χ4n) is 3.19. The lowest BCUT2D eigenvalue weighted by molar-refractivity contribution is 0.318. The van der Waals surface area contributed by atoms with E-state index in [9.17, 15) is 0 Å². The number of nitrogens with one attached hydrogen (secondary N) is 1. The number of likely N-dealkylation sites (N-methyl/N-ethyl adjacent to an activating group) is 1. The third kappa shape index (κ3) is 3.16. The first-order valence-corrected chi connectivity index (χ1v) is 7.70. The van der Waals surface area contributed by atoms with E-state index in [1.54, 1.807) is 0 Å². The van der Waals surface area contributed by atoms with Gasteiger partial charge >= 0.3 is 0 Å². The van der Waals surface area contributed by atoms with E-state index >= 15 is 0 Å². The molecule has 1 heterocycles. The second-order valence-corrected chi connectivity index (χ2v) is 5.87. The van der Waals surface area contributed by atoms with E-state index in [0.29, 0.717) is 17.9 Å². The summed E-state index contributed by atoms with van der Waals surface area (Å²) in [5.74, 6) is 3.43. The number of nitrogens with zero attached hydrogens (tertiary/aromatic N) is 2. The average Bonchev–Trinajstić information content (AvgIpc) is 3.07. The summed E-state index contributed by atoms with van der Waals surface area (Å²) >= 11 is 0. The summed E-state index contributed by atoms with van der Waals surface area (Å²) in [7, 11) is 1.98. The van der Waals surface area contributed by atoms with Crippen LogP contribution in [0, 0.1) is 5.92 Å². The zero-order valence-electron chi connectivity index (χ0n) is 12.6. The van der Waals surface area contributed by atoms with Crippen LogP contribution < -0.4 is 5.32 Å². The van der Waals surface area contributed by atoms with Crippen molar-refractivity contribution in [2.45, 2.75) is 70.8 Å². The average molecular weight is 265 g/mol. The van der Waals surface area contributed by atoms with Crippen LogP contribution in [0.15, 0.2) is 4.52 Å². The van der Waals surface area contributed by atoms with Crippen molar-refractivity contribution in [1.82, 2.24) is 15.5 Å². The van der Waals surface area contributed by atoms with Crippen LogP contribution in [0.2, 0.25) is 0 Å². The van der Waals surface area contributed by atoms with E-state index in [0.717, 1.165) is 24.1 Å². The molecule has 0 bridgehead atoms. The molecular formula is C15H27N3O. The van der Waals surface area contributed by atoms with Gasteiger partial charge in [-0.1, -0.05) is 25.4 Å². The molecule has 108 valence electrons. The van der Waals surface area contributed by atoms with Gasteiger partial charge in [-0.3, -0.25) is 0 Å². The highest BCUT2D eigenvalue weighted by Gasteiger charge is 2.30. The first-order valence-electron chi connectivity index (χ1n) is 7.70. The minimum absolute atomic E-state index is 0.314. The van der Waals surface area contributed by atoms with Gasteiger partial charge in [-0.25, -0.2) is 0 Å².